The van der Waals surface area contributed by atoms with Crippen LogP contribution in [0.5, 0.6) is 0 Å². The van der Waals surface area contributed by atoms with Gasteiger partial charge in [0.15, 0.2) is 6.61 Å². The molecule has 1 atom stereocenters. The van der Waals surface area contributed by atoms with Crippen molar-refractivity contribution in [3.63, 3.8) is 0 Å². The SMILES string of the molecule is Cc1ccc(C(=O)OCC(=O)N[C@H](C)C(C)C)cc1. The molecule has 0 aliphatic rings. The van der Waals surface area contributed by atoms with Crippen LogP contribution in [-0.4, -0.2) is 24.5 Å². The molecule has 0 aliphatic carbocycles. The van der Waals surface area contributed by atoms with Gasteiger partial charge in [0.1, 0.15) is 0 Å². The molecule has 1 amide bonds. The summed E-state index contributed by atoms with van der Waals surface area (Å²) in [7, 11) is 0. The minimum absolute atomic E-state index is 0.0607. The maximum absolute atomic E-state index is 11.7. The smallest absolute Gasteiger partial charge is 0.338 e. The highest BCUT2D eigenvalue weighted by Gasteiger charge is 2.13. The van der Waals surface area contributed by atoms with Crippen LogP contribution < -0.4 is 5.32 Å². The molecule has 4 nitrogen and oxygen atoms in total. The monoisotopic (exact) mass is 263 g/mol. The van der Waals surface area contributed by atoms with Crippen molar-refractivity contribution in [2.75, 3.05) is 6.61 Å². The first-order valence-corrected chi connectivity index (χ1v) is 6.43. The first-order chi connectivity index (χ1) is 8.90. The molecular formula is C15H21NO3. The van der Waals surface area contributed by atoms with E-state index in [9.17, 15) is 9.59 Å². The Hall–Kier alpha value is -1.84. The summed E-state index contributed by atoms with van der Waals surface area (Å²) < 4.78 is 4.96. The van der Waals surface area contributed by atoms with Crippen molar-refractivity contribution in [3.05, 3.63) is 35.4 Å². The molecule has 1 rings (SSSR count). The number of carbonyl (C=O) groups excluding carboxylic acids is 2. The summed E-state index contributed by atoms with van der Waals surface area (Å²) >= 11 is 0. The maximum Gasteiger partial charge on any atom is 0.338 e. The second-order valence-corrected chi connectivity index (χ2v) is 5.04. The van der Waals surface area contributed by atoms with E-state index in [1.54, 1.807) is 12.1 Å². The minimum Gasteiger partial charge on any atom is -0.452 e. The van der Waals surface area contributed by atoms with Crippen molar-refractivity contribution in [1.82, 2.24) is 5.32 Å². The van der Waals surface area contributed by atoms with E-state index in [-0.39, 0.29) is 18.6 Å². The van der Waals surface area contributed by atoms with Crippen LogP contribution in [0, 0.1) is 12.8 Å². The molecular weight excluding hydrogens is 242 g/mol. The topological polar surface area (TPSA) is 55.4 Å². The Morgan fingerprint density at radius 2 is 1.74 bits per heavy atom. The molecule has 1 N–H and O–H groups in total. The highest BCUT2D eigenvalue weighted by Crippen LogP contribution is 2.05. The lowest BCUT2D eigenvalue weighted by molar-refractivity contribution is -0.125. The predicted molar refractivity (Wildman–Crippen MR) is 73.9 cm³/mol. The molecule has 0 aliphatic heterocycles. The van der Waals surface area contributed by atoms with E-state index in [1.807, 2.05) is 39.8 Å². The molecule has 0 bridgehead atoms. The fourth-order valence-corrected chi connectivity index (χ4v) is 1.37. The van der Waals surface area contributed by atoms with Crippen LogP contribution >= 0.6 is 0 Å². The highest BCUT2D eigenvalue weighted by molar-refractivity contribution is 5.91. The van der Waals surface area contributed by atoms with Gasteiger partial charge in [-0.1, -0.05) is 31.5 Å². The van der Waals surface area contributed by atoms with Gasteiger partial charge in [-0.3, -0.25) is 4.79 Å². The van der Waals surface area contributed by atoms with Crippen molar-refractivity contribution >= 4 is 11.9 Å². The van der Waals surface area contributed by atoms with Gasteiger partial charge in [0.2, 0.25) is 0 Å². The van der Waals surface area contributed by atoms with Gasteiger partial charge in [-0.05, 0) is 31.9 Å². The number of aryl methyl sites for hydroxylation is 1. The van der Waals surface area contributed by atoms with Gasteiger partial charge in [-0.2, -0.15) is 0 Å². The molecule has 19 heavy (non-hydrogen) atoms. The summed E-state index contributed by atoms with van der Waals surface area (Å²) in [5.41, 5.74) is 1.52. The van der Waals surface area contributed by atoms with Gasteiger partial charge < -0.3 is 10.1 Å². The van der Waals surface area contributed by atoms with Gasteiger partial charge in [0, 0.05) is 6.04 Å². The Balaban J connectivity index is 2.42. The van der Waals surface area contributed by atoms with Crippen molar-refractivity contribution in [2.24, 2.45) is 5.92 Å². The molecule has 0 aromatic heterocycles. The molecule has 0 spiro atoms. The Labute approximate surface area is 114 Å². The molecule has 0 unspecified atom stereocenters. The number of ether oxygens (including phenoxy) is 1. The van der Waals surface area contributed by atoms with E-state index in [4.69, 9.17) is 4.74 Å². The number of esters is 1. The molecule has 0 fully saturated rings. The van der Waals surface area contributed by atoms with Crippen LogP contribution in [0.25, 0.3) is 0 Å². The van der Waals surface area contributed by atoms with Crippen LogP contribution in [-0.2, 0) is 9.53 Å². The first kappa shape index (κ1) is 15.2. The molecule has 0 heterocycles. The third kappa shape index (κ3) is 5.12. The average Bonchev–Trinajstić information content (AvgIpc) is 2.36. The zero-order valence-corrected chi connectivity index (χ0v) is 11.9. The molecule has 0 saturated heterocycles. The third-order valence-electron chi connectivity index (χ3n) is 3.01. The second-order valence-electron chi connectivity index (χ2n) is 5.04. The lowest BCUT2D eigenvalue weighted by atomic mass is 10.1. The summed E-state index contributed by atoms with van der Waals surface area (Å²) in [5.74, 6) is -0.411. The average molecular weight is 263 g/mol. The zero-order valence-electron chi connectivity index (χ0n) is 11.9. The lowest BCUT2D eigenvalue weighted by Gasteiger charge is -2.17. The van der Waals surface area contributed by atoms with Crippen LogP contribution in [0.4, 0.5) is 0 Å². The van der Waals surface area contributed by atoms with Crippen LogP contribution in [0.1, 0.15) is 36.7 Å². The largest absolute Gasteiger partial charge is 0.452 e. The maximum atomic E-state index is 11.7. The Kier molecular flexibility index (Phi) is 5.55. The van der Waals surface area contributed by atoms with Crippen LogP contribution in [0.3, 0.4) is 0 Å². The fourth-order valence-electron chi connectivity index (χ4n) is 1.37. The quantitative estimate of drug-likeness (QED) is 0.829. The fraction of sp³-hybridized carbons (Fsp3) is 0.467. The van der Waals surface area contributed by atoms with Gasteiger partial charge in [-0.25, -0.2) is 4.79 Å². The van der Waals surface area contributed by atoms with Crippen LogP contribution in [0.2, 0.25) is 0 Å². The Morgan fingerprint density at radius 3 is 2.26 bits per heavy atom. The summed E-state index contributed by atoms with van der Waals surface area (Å²) in [6, 6.07) is 7.10. The van der Waals surface area contributed by atoms with E-state index in [2.05, 4.69) is 5.32 Å². The van der Waals surface area contributed by atoms with Crippen molar-refractivity contribution in [1.29, 1.82) is 0 Å². The van der Waals surface area contributed by atoms with Crippen LogP contribution in [0.15, 0.2) is 24.3 Å². The van der Waals surface area contributed by atoms with E-state index in [0.29, 0.717) is 11.5 Å². The van der Waals surface area contributed by atoms with E-state index in [1.165, 1.54) is 0 Å². The highest BCUT2D eigenvalue weighted by atomic mass is 16.5. The second kappa shape index (κ2) is 6.92. The number of hydrogen-bond acceptors (Lipinski definition) is 3. The summed E-state index contributed by atoms with van der Waals surface area (Å²) in [4.78, 5) is 23.2. The number of carbonyl (C=O) groups is 2. The standard InChI is InChI=1S/C15H21NO3/c1-10(2)12(4)16-14(17)9-19-15(18)13-7-5-11(3)6-8-13/h5-8,10,12H,9H2,1-4H3,(H,16,17)/t12-/m1/s1. The lowest BCUT2D eigenvalue weighted by Crippen LogP contribution is -2.38. The first-order valence-electron chi connectivity index (χ1n) is 6.43. The van der Waals surface area contributed by atoms with Gasteiger partial charge >= 0.3 is 5.97 Å². The molecule has 104 valence electrons. The van der Waals surface area contributed by atoms with E-state index in [0.717, 1.165) is 5.56 Å². The number of nitrogens with one attached hydrogen (secondary N) is 1. The molecule has 1 aromatic rings. The Morgan fingerprint density at radius 1 is 1.16 bits per heavy atom. The van der Waals surface area contributed by atoms with Gasteiger partial charge in [-0.15, -0.1) is 0 Å². The molecule has 4 heteroatoms. The molecule has 0 saturated carbocycles. The summed E-state index contributed by atoms with van der Waals surface area (Å²) in [5, 5.41) is 2.78. The molecule has 0 radical (unpaired) electrons. The van der Waals surface area contributed by atoms with Crippen molar-refractivity contribution < 1.29 is 14.3 Å². The number of benzene rings is 1. The van der Waals surface area contributed by atoms with Gasteiger partial charge in [0.05, 0.1) is 5.56 Å². The van der Waals surface area contributed by atoms with E-state index >= 15 is 0 Å². The summed E-state index contributed by atoms with van der Waals surface area (Å²) in [6.07, 6.45) is 0. The van der Waals surface area contributed by atoms with E-state index < -0.39 is 5.97 Å². The molecule has 1 aromatic carbocycles. The zero-order chi connectivity index (χ0) is 14.4. The minimum atomic E-state index is -0.479. The van der Waals surface area contributed by atoms with Gasteiger partial charge in [0.25, 0.3) is 5.91 Å². The number of rotatable bonds is 5. The number of hydrogen-bond donors (Lipinski definition) is 1. The summed E-state index contributed by atoms with van der Waals surface area (Å²) in [6.45, 7) is 7.65. The van der Waals surface area contributed by atoms with Crippen molar-refractivity contribution in [3.8, 4) is 0 Å². The van der Waals surface area contributed by atoms with Crippen molar-refractivity contribution in [2.45, 2.75) is 33.7 Å². The Bertz CT molecular complexity index is 437. The number of amides is 1. The predicted octanol–water partition coefficient (Wildman–Crippen LogP) is 2.31. The normalized spacial score (nSPS) is 12.1. The third-order valence-corrected chi connectivity index (χ3v) is 3.01.